The third-order valence-electron chi connectivity index (χ3n) is 3.22. The van der Waals surface area contributed by atoms with Crippen molar-refractivity contribution < 1.29 is 0 Å². The van der Waals surface area contributed by atoms with Crippen molar-refractivity contribution in [3.8, 4) is 0 Å². The zero-order valence-corrected chi connectivity index (χ0v) is 9.16. The maximum atomic E-state index is 2.59. The lowest BCUT2D eigenvalue weighted by atomic mass is 9.96. The largest absolute Gasteiger partial charge is 0.287 e. The summed E-state index contributed by atoms with van der Waals surface area (Å²) in [6.07, 6.45) is 13.8. The Morgan fingerprint density at radius 1 is 1.43 bits per heavy atom. The van der Waals surface area contributed by atoms with Crippen molar-refractivity contribution in [2.45, 2.75) is 32.2 Å². The number of hydrogen-bond donors (Lipinski definition) is 0. The highest BCUT2D eigenvalue weighted by Gasteiger charge is 2.40. The van der Waals surface area contributed by atoms with Crippen molar-refractivity contribution in [2.75, 3.05) is 13.1 Å². The second-order valence-corrected chi connectivity index (χ2v) is 4.39. The molecule has 0 aliphatic carbocycles. The van der Waals surface area contributed by atoms with Crippen molar-refractivity contribution in [1.29, 1.82) is 0 Å². The van der Waals surface area contributed by atoms with Crippen LogP contribution in [0.15, 0.2) is 36.0 Å². The van der Waals surface area contributed by atoms with Crippen LogP contribution < -0.4 is 0 Å². The van der Waals surface area contributed by atoms with Gasteiger partial charge in [-0.15, -0.1) is 0 Å². The summed E-state index contributed by atoms with van der Waals surface area (Å²) in [4.78, 5) is 2.59. The maximum absolute atomic E-state index is 2.59. The number of rotatable bonds is 2. The number of fused-ring (bicyclic) bond motifs is 1. The fourth-order valence-electron chi connectivity index (χ4n) is 2.65. The van der Waals surface area contributed by atoms with Gasteiger partial charge in [0.15, 0.2) is 0 Å². The first-order chi connectivity index (χ1) is 6.77. The predicted molar refractivity (Wildman–Crippen MR) is 61.2 cm³/mol. The second-order valence-electron chi connectivity index (χ2n) is 4.39. The SMILES string of the molecule is C/C=C/C=C/[C@]12C=C(C)CN1CCC2. The molecule has 2 rings (SSSR count). The molecule has 0 N–H and O–H groups in total. The van der Waals surface area contributed by atoms with E-state index in [1.54, 1.807) is 0 Å². The molecule has 0 aromatic carbocycles. The standard InChI is InChI=1S/C13H19N/c1-3-4-5-7-13-8-6-9-14(13)11-12(2)10-13/h3-5,7,10H,6,8-9,11H2,1-2H3/b4-3+,7-5+/t13-/m0/s1. The molecule has 1 saturated heterocycles. The molecular formula is C13H19N. The van der Waals surface area contributed by atoms with Crippen LogP contribution >= 0.6 is 0 Å². The van der Waals surface area contributed by atoms with Crippen molar-refractivity contribution >= 4 is 0 Å². The first-order valence-electron chi connectivity index (χ1n) is 5.51. The molecule has 14 heavy (non-hydrogen) atoms. The fourth-order valence-corrected chi connectivity index (χ4v) is 2.65. The van der Waals surface area contributed by atoms with Crippen molar-refractivity contribution in [3.63, 3.8) is 0 Å². The Labute approximate surface area is 86.8 Å². The summed E-state index contributed by atoms with van der Waals surface area (Å²) in [5, 5.41) is 0. The Morgan fingerprint density at radius 3 is 3.07 bits per heavy atom. The molecule has 1 heteroatoms. The summed E-state index contributed by atoms with van der Waals surface area (Å²) in [6, 6.07) is 0. The fraction of sp³-hybridized carbons (Fsp3) is 0.538. The van der Waals surface area contributed by atoms with E-state index in [2.05, 4.69) is 49.1 Å². The van der Waals surface area contributed by atoms with Gasteiger partial charge in [0.25, 0.3) is 0 Å². The third-order valence-corrected chi connectivity index (χ3v) is 3.22. The van der Waals surface area contributed by atoms with Gasteiger partial charge < -0.3 is 0 Å². The lowest BCUT2D eigenvalue weighted by Gasteiger charge is -2.27. The van der Waals surface area contributed by atoms with Gasteiger partial charge in [-0.2, -0.15) is 0 Å². The molecule has 0 spiro atoms. The minimum atomic E-state index is 0.267. The second kappa shape index (κ2) is 3.74. The molecule has 1 nitrogen and oxygen atoms in total. The zero-order chi connectivity index (χ0) is 10.0. The van der Waals surface area contributed by atoms with Crippen LogP contribution in [0.25, 0.3) is 0 Å². The van der Waals surface area contributed by atoms with E-state index >= 15 is 0 Å². The molecule has 0 aromatic rings. The highest BCUT2D eigenvalue weighted by atomic mass is 15.2. The van der Waals surface area contributed by atoms with Crippen molar-refractivity contribution in [1.82, 2.24) is 4.90 Å². The van der Waals surface area contributed by atoms with E-state index in [4.69, 9.17) is 0 Å². The molecule has 1 atom stereocenters. The zero-order valence-electron chi connectivity index (χ0n) is 9.16. The molecule has 0 radical (unpaired) electrons. The van der Waals surface area contributed by atoms with Crippen LogP contribution in [0.3, 0.4) is 0 Å². The van der Waals surface area contributed by atoms with Gasteiger partial charge in [-0.25, -0.2) is 0 Å². The van der Waals surface area contributed by atoms with E-state index in [1.807, 2.05) is 0 Å². The summed E-state index contributed by atoms with van der Waals surface area (Å²) in [6.45, 7) is 6.72. The van der Waals surface area contributed by atoms with Gasteiger partial charge in [-0.3, -0.25) is 4.90 Å². The van der Waals surface area contributed by atoms with Gasteiger partial charge >= 0.3 is 0 Å². The van der Waals surface area contributed by atoms with Gasteiger partial charge in [-0.05, 0) is 33.2 Å². The Morgan fingerprint density at radius 2 is 2.29 bits per heavy atom. The molecule has 0 bridgehead atoms. The normalized spacial score (nSPS) is 33.1. The van der Waals surface area contributed by atoms with Gasteiger partial charge in [0.1, 0.15) is 0 Å². The van der Waals surface area contributed by atoms with Crippen LogP contribution in [0.1, 0.15) is 26.7 Å². The van der Waals surface area contributed by atoms with Gasteiger partial charge in [-0.1, -0.05) is 36.0 Å². The molecule has 76 valence electrons. The van der Waals surface area contributed by atoms with Crippen LogP contribution in [0.2, 0.25) is 0 Å². The molecule has 0 amide bonds. The molecule has 0 unspecified atom stereocenters. The quantitative estimate of drug-likeness (QED) is 0.477. The smallest absolute Gasteiger partial charge is 0.0584 e. The maximum Gasteiger partial charge on any atom is 0.0584 e. The topological polar surface area (TPSA) is 3.24 Å². The average molecular weight is 189 g/mol. The summed E-state index contributed by atoms with van der Waals surface area (Å²) in [5.41, 5.74) is 1.79. The summed E-state index contributed by atoms with van der Waals surface area (Å²) >= 11 is 0. The van der Waals surface area contributed by atoms with Gasteiger partial charge in [0.05, 0.1) is 5.54 Å². The van der Waals surface area contributed by atoms with Gasteiger partial charge in [0.2, 0.25) is 0 Å². The van der Waals surface area contributed by atoms with E-state index in [0.717, 1.165) is 0 Å². The molecule has 1 fully saturated rings. The number of allylic oxidation sites excluding steroid dienone is 3. The van der Waals surface area contributed by atoms with Crippen LogP contribution in [0, 0.1) is 0 Å². The minimum absolute atomic E-state index is 0.267. The van der Waals surface area contributed by atoms with Crippen LogP contribution in [0.4, 0.5) is 0 Å². The predicted octanol–water partition coefficient (Wildman–Crippen LogP) is 2.91. The molecule has 2 heterocycles. The average Bonchev–Trinajstić information content (AvgIpc) is 2.60. The monoisotopic (exact) mass is 189 g/mol. The molecule has 2 aliphatic heterocycles. The number of hydrogen-bond acceptors (Lipinski definition) is 1. The molecule has 0 saturated carbocycles. The first kappa shape index (κ1) is 9.72. The number of nitrogens with zero attached hydrogens (tertiary/aromatic N) is 1. The summed E-state index contributed by atoms with van der Waals surface area (Å²) in [7, 11) is 0. The molecular weight excluding hydrogens is 170 g/mol. The van der Waals surface area contributed by atoms with Crippen molar-refractivity contribution in [3.05, 3.63) is 36.0 Å². The lowest BCUT2D eigenvalue weighted by Crippen LogP contribution is -2.36. The Balaban J connectivity index is 2.19. The molecule has 0 aromatic heterocycles. The molecule has 2 aliphatic rings. The van der Waals surface area contributed by atoms with E-state index in [9.17, 15) is 0 Å². The summed E-state index contributed by atoms with van der Waals surface area (Å²) < 4.78 is 0. The van der Waals surface area contributed by atoms with E-state index in [-0.39, 0.29) is 5.54 Å². The van der Waals surface area contributed by atoms with Crippen LogP contribution in [-0.2, 0) is 0 Å². The van der Waals surface area contributed by atoms with E-state index in [1.165, 1.54) is 31.5 Å². The third kappa shape index (κ3) is 1.57. The summed E-state index contributed by atoms with van der Waals surface area (Å²) in [5.74, 6) is 0. The van der Waals surface area contributed by atoms with Gasteiger partial charge in [0, 0.05) is 6.54 Å². The highest BCUT2D eigenvalue weighted by Crippen LogP contribution is 2.37. The van der Waals surface area contributed by atoms with E-state index < -0.39 is 0 Å². The van der Waals surface area contributed by atoms with E-state index in [0.29, 0.717) is 0 Å². The Hall–Kier alpha value is -0.820. The van der Waals surface area contributed by atoms with Crippen LogP contribution in [-0.4, -0.2) is 23.5 Å². The van der Waals surface area contributed by atoms with Crippen LogP contribution in [0.5, 0.6) is 0 Å². The lowest BCUT2D eigenvalue weighted by molar-refractivity contribution is 0.274. The Bertz CT molecular complexity index is 298. The van der Waals surface area contributed by atoms with Crippen molar-refractivity contribution in [2.24, 2.45) is 0 Å². The Kier molecular flexibility index (Phi) is 2.60. The first-order valence-corrected chi connectivity index (χ1v) is 5.51. The minimum Gasteiger partial charge on any atom is -0.287 e. The highest BCUT2D eigenvalue weighted by molar-refractivity contribution is 5.32.